The lowest BCUT2D eigenvalue weighted by Gasteiger charge is -2.50. The second-order valence-corrected chi connectivity index (χ2v) is 7.48. The van der Waals surface area contributed by atoms with Gasteiger partial charge in [0.15, 0.2) is 0 Å². The topological polar surface area (TPSA) is 43.8 Å². The van der Waals surface area contributed by atoms with Gasteiger partial charge in [0.2, 0.25) is 0 Å². The summed E-state index contributed by atoms with van der Waals surface area (Å²) >= 11 is 0. The third-order valence-electron chi connectivity index (χ3n) is 5.88. The van der Waals surface area contributed by atoms with Gasteiger partial charge in [0, 0.05) is 19.1 Å². The minimum atomic E-state index is -0.631. The molecule has 2 fully saturated rings. The molecule has 4 rings (SSSR count). The Labute approximate surface area is 155 Å². The maximum atomic E-state index is 11.1. The molecule has 2 aliphatic rings. The van der Waals surface area contributed by atoms with E-state index in [1.165, 1.54) is 11.1 Å². The Morgan fingerprint density at radius 2 is 1.38 bits per heavy atom. The van der Waals surface area contributed by atoms with Crippen molar-refractivity contribution in [2.75, 3.05) is 26.2 Å². The Morgan fingerprint density at radius 3 is 1.85 bits per heavy atom. The molecule has 136 valence electrons. The van der Waals surface area contributed by atoms with E-state index in [-0.39, 0.29) is 5.92 Å². The number of carbonyl (C=O) groups is 1. The monoisotopic (exact) mass is 350 g/mol. The molecule has 0 aliphatic carbocycles. The normalized spacial score (nSPS) is 20.2. The summed E-state index contributed by atoms with van der Waals surface area (Å²) in [7, 11) is 0. The van der Waals surface area contributed by atoms with Gasteiger partial charge in [-0.15, -0.1) is 0 Å². The van der Waals surface area contributed by atoms with Crippen molar-refractivity contribution in [1.82, 2.24) is 9.80 Å². The molecule has 2 aromatic carbocycles. The van der Waals surface area contributed by atoms with Crippen molar-refractivity contribution in [2.45, 2.75) is 24.9 Å². The second-order valence-electron chi connectivity index (χ2n) is 7.48. The number of hydrogen-bond donors (Lipinski definition) is 1. The maximum Gasteiger partial charge on any atom is 0.306 e. The maximum absolute atomic E-state index is 11.1. The van der Waals surface area contributed by atoms with Crippen LogP contribution in [0.1, 0.15) is 30.0 Å². The minimum Gasteiger partial charge on any atom is -0.481 e. The third-order valence-corrected chi connectivity index (χ3v) is 5.88. The van der Waals surface area contributed by atoms with Crippen LogP contribution in [0.4, 0.5) is 0 Å². The van der Waals surface area contributed by atoms with E-state index in [4.69, 9.17) is 0 Å². The molecule has 0 atom stereocenters. The molecule has 0 unspecified atom stereocenters. The number of aliphatic carboxylic acids is 1. The lowest BCUT2D eigenvalue weighted by Crippen LogP contribution is -2.61. The van der Waals surface area contributed by atoms with Crippen molar-refractivity contribution in [3.63, 3.8) is 0 Å². The predicted molar refractivity (Wildman–Crippen MR) is 102 cm³/mol. The predicted octanol–water partition coefficient (Wildman–Crippen LogP) is 3.26. The smallest absolute Gasteiger partial charge is 0.306 e. The highest BCUT2D eigenvalue weighted by atomic mass is 16.4. The molecule has 0 saturated carbocycles. The van der Waals surface area contributed by atoms with Crippen LogP contribution in [0.3, 0.4) is 0 Å². The lowest BCUT2D eigenvalue weighted by molar-refractivity contribution is -0.143. The fourth-order valence-corrected chi connectivity index (χ4v) is 4.33. The molecule has 0 bridgehead atoms. The lowest BCUT2D eigenvalue weighted by atomic mass is 9.90. The zero-order valence-corrected chi connectivity index (χ0v) is 15.0. The molecule has 1 N–H and O–H groups in total. The highest BCUT2D eigenvalue weighted by Gasteiger charge is 2.38. The van der Waals surface area contributed by atoms with Gasteiger partial charge in [-0.05, 0) is 37.1 Å². The van der Waals surface area contributed by atoms with Gasteiger partial charge in [-0.2, -0.15) is 0 Å². The molecule has 0 amide bonds. The fraction of sp³-hybridized carbons (Fsp3) is 0.409. The molecule has 0 radical (unpaired) electrons. The van der Waals surface area contributed by atoms with E-state index < -0.39 is 5.97 Å². The molecule has 26 heavy (non-hydrogen) atoms. The van der Waals surface area contributed by atoms with E-state index in [1.54, 1.807) is 0 Å². The van der Waals surface area contributed by atoms with Crippen molar-refractivity contribution in [3.8, 4) is 0 Å². The van der Waals surface area contributed by atoms with E-state index in [9.17, 15) is 9.90 Å². The number of piperidine rings is 1. The molecule has 0 aromatic heterocycles. The number of hydrogen-bond acceptors (Lipinski definition) is 3. The summed E-state index contributed by atoms with van der Waals surface area (Å²) < 4.78 is 0. The van der Waals surface area contributed by atoms with Crippen LogP contribution in [0.25, 0.3) is 0 Å². The first-order valence-corrected chi connectivity index (χ1v) is 9.53. The molecule has 2 saturated heterocycles. The number of rotatable bonds is 5. The van der Waals surface area contributed by atoms with Gasteiger partial charge < -0.3 is 5.11 Å². The van der Waals surface area contributed by atoms with Gasteiger partial charge in [0.1, 0.15) is 0 Å². The summed E-state index contributed by atoms with van der Waals surface area (Å²) in [6.07, 6.45) is 1.57. The third kappa shape index (κ3) is 3.53. The van der Waals surface area contributed by atoms with Gasteiger partial charge >= 0.3 is 5.97 Å². The van der Waals surface area contributed by atoms with Gasteiger partial charge in [0.25, 0.3) is 0 Å². The SMILES string of the molecule is O=C(O)C1CCN(C2CN(C(c3ccccc3)c3ccccc3)C2)CC1. The standard InChI is InChI=1S/C22H26N2O2/c25-22(26)19-11-13-23(14-12-19)20-15-24(16-20)21(17-7-3-1-4-8-17)18-9-5-2-6-10-18/h1-10,19-21H,11-16H2,(H,25,26). The number of carboxylic acid groups (broad SMARTS) is 1. The second kappa shape index (κ2) is 7.60. The Morgan fingerprint density at radius 1 is 0.885 bits per heavy atom. The number of likely N-dealkylation sites (tertiary alicyclic amines) is 2. The van der Waals surface area contributed by atoms with Crippen molar-refractivity contribution >= 4 is 5.97 Å². The number of carboxylic acids is 1. The van der Waals surface area contributed by atoms with Crippen molar-refractivity contribution in [2.24, 2.45) is 5.92 Å². The zero-order chi connectivity index (χ0) is 17.9. The molecule has 0 spiro atoms. The highest BCUT2D eigenvalue weighted by molar-refractivity contribution is 5.70. The van der Waals surface area contributed by atoms with Crippen LogP contribution < -0.4 is 0 Å². The van der Waals surface area contributed by atoms with Crippen LogP contribution >= 0.6 is 0 Å². The Balaban J connectivity index is 1.43. The van der Waals surface area contributed by atoms with Crippen LogP contribution in [0.2, 0.25) is 0 Å². The first-order chi connectivity index (χ1) is 12.7. The summed E-state index contributed by atoms with van der Waals surface area (Å²) in [5, 5.41) is 9.17. The van der Waals surface area contributed by atoms with Gasteiger partial charge in [-0.1, -0.05) is 60.7 Å². The molecule has 2 heterocycles. The van der Waals surface area contributed by atoms with Gasteiger partial charge in [-0.25, -0.2) is 0 Å². The van der Waals surface area contributed by atoms with Crippen LogP contribution in [0, 0.1) is 5.92 Å². The average Bonchev–Trinajstić information content (AvgIpc) is 2.66. The summed E-state index contributed by atoms with van der Waals surface area (Å²) in [6.45, 7) is 3.92. The van der Waals surface area contributed by atoms with Crippen LogP contribution in [0.5, 0.6) is 0 Å². The summed E-state index contributed by atoms with van der Waals surface area (Å²) in [5.41, 5.74) is 2.67. The summed E-state index contributed by atoms with van der Waals surface area (Å²) in [6, 6.07) is 22.3. The van der Waals surface area contributed by atoms with E-state index in [2.05, 4.69) is 70.5 Å². The molecule has 2 aromatic rings. The Hall–Kier alpha value is -2.17. The van der Waals surface area contributed by atoms with Crippen molar-refractivity contribution in [3.05, 3.63) is 71.8 Å². The molecule has 4 heteroatoms. The fourth-order valence-electron chi connectivity index (χ4n) is 4.33. The summed E-state index contributed by atoms with van der Waals surface area (Å²) in [4.78, 5) is 16.2. The Kier molecular flexibility index (Phi) is 5.05. The first-order valence-electron chi connectivity index (χ1n) is 9.53. The molecule has 2 aliphatic heterocycles. The first kappa shape index (κ1) is 17.3. The largest absolute Gasteiger partial charge is 0.481 e. The van der Waals surface area contributed by atoms with Crippen LogP contribution in [-0.4, -0.2) is 53.1 Å². The van der Waals surface area contributed by atoms with E-state index in [0.717, 1.165) is 39.0 Å². The quantitative estimate of drug-likeness (QED) is 0.899. The van der Waals surface area contributed by atoms with Crippen LogP contribution in [-0.2, 0) is 4.79 Å². The van der Waals surface area contributed by atoms with Gasteiger partial charge in [0.05, 0.1) is 12.0 Å². The average molecular weight is 350 g/mol. The molecular formula is C22H26N2O2. The molecular weight excluding hydrogens is 324 g/mol. The zero-order valence-electron chi connectivity index (χ0n) is 15.0. The Bertz CT molecular complexity index is 681. The summed E-state index contributed by atoms with van der Waals surface area (Å²) in [5.74, 6) is -0.781. The van der Waals surface area contributed by atoms with Crippen LogP contribution in [0.15, 0.2) is 60.7 Å². The van der Waals surface area contributed by atoms with Gasteiger partial charge in [-0.3, -0.25) is 14.6 Å². The highest BCUT2D eigenvalue weighted by Crippen LogP contribution is 2.34. The van der Waals surface area contributed by atoms with E-state index in [1.807, 2.05) is 0 Å². The van der Waals surface area contributed by atoms with Crippen molar-refractivity contribution < 1.29 is 9.90 Å². The number of nitrogens with zero attached hydrogens (tertiary/aromatic N) is 2. The van der Waals surface area contributed by atoms with Crippen molar-refractivity contribution in [1.29, 1.82) is 0 Å². The minimum absolute atomic E-state index is 0.149. The molecule has 4 nitrogen and oxygen atoms in total. The van der Waals surface area contributed by atoms with E-state index >= 15 is 0 Å². The van der Waals surface area contributed by atoms with E-state index in [0.29, 0.717) is 12.1 Å². The number of benzene rings is 2.